The number of ether oxygens (including phenoxy) is 1. The van der Waals surface area contributed by atoms with Crippen molar-refractivity contribution in [2.75, 3.05) is 12.3 Å². The van der Waals surface area contributed by atoms with Crippen LogP contribution in [-0.2, 0) is 31.6 Å². The molecule has 1 aromatic carbocycles. The van der Waals surface area contributed by atoms with Gasteiger partial charge in [-0.2, -0.15) is 13.6 Å². The second kappa shape index (κ2) is 10.3. The molecule has 20 heteroatoms. The number of aromatic nitrogens is 2. The summed E-state index contributed by atoms with van der Waals surface area (Å²) in [6, 6.07) is 8.50. The van der Waals surface area contributed by atoms with Crippen molar-refractivity contribution in [2.45, 2.75) is 24.5 Å². The van der Waals surface area contributed by atoms with Gasteiger partial charge in [-0.3, -0.25) is 9.09 Å². The summed E-state index contributed by atoms with van der Waals surface area (Å²) in [7, 11) is -16.8. The first-order chi connectivity index (χ1) is 16.1. The monoisotopic (exact) mass is 559 g/mol. The molecule has 1 fully saturated rings. The summed E-state index contributed by atoms with van der Waals surface area (Å²) < 4.78 is 51.7. The summed E-state index contributed by atoms with van der Waals surface area (Å²) in [5.74, 6) is -0.116. The Morgan fingerprint density at radius 1 is 1.00 bits per heavy atom. The third-order valence-corrected chi connectivity index (χ3v) is 8.30. The zero-order valence-corrected chi connectivity index (χ0v) is 19.9. The molecule has 0 saturated carbocycles. The molecule has 1 aliphatic heterocycles. The second-order valence-corrected chi connectivity index (χ2v) is 11.4. The predicted molar refractivity (Wildman–Crippen MR) is 114 cm³/mol. The SMILES string of the molecule is Nc1nc(=O)n([C@@H]2O[C@H](COP(=O)(O)OP(=O)(O)OP(=O)(O)O)[C@H](O)[C@@H]2O)cc1-c1ccccc1. The van der Waals surface area contributed by atoms with Crippen LogP contribution in [-0.4, -0.2) is 64.3 Å². The van der Waals surface area contributed by atoms with E-state index in [1.165, 1.54) is 6.20 Å². The molecule has 0 spiro atoms. The van der Waals surface area contributed by atoms with E-state index in [1.54, 1.807) is 30.3 Å². The van der Waals surface area contributed by atoms with E-state index >= 15 is 0 Å². The first-order valence-electron chi connectivity index (χ1n) is 9.32. The zero-order chi connectivity index (χ0) is 26.2. The molecule has 0 bridgehead atoms. The van der Waals surface area contributed by atoms with Crippen molar-refractivity contribution in [1.29, 1.82) is 0 Å². The van der Waals surface area contributed by atoms with Crippen molar-refractivity contribution in [2.24, 2.45) is 0 Å². The summed E-state index contributed by atoms with van der Waals surface area (Å²) in [5, 5.41) is 20.6. The van der Waals surface area contributed by atoms with Gasteiger partial charge in [0.2, 0.25) is 0 Å². The number of phosphoric acid groups is 3. The highest BCUT2D eigenvalue weighted by molar-refractivity contribution is 7.66. The molecule has 6 atom stereocenters. The minimum absolute atomic E-state index is 0.116. The van der Waals surface area contributed by atoms with Crippen LogP contribution in [0.15, 0.2) is 41.3 Å². The van der Waals surface area contributed by atoms with Crippen LogP contribution in [0.4, 0.5) is 5.82 Å². The highest BCUT2D eigenvalue weighted by Gasteiger charge is 2.47. The molecule has 0 radical (unpaired) electrons. The normalized spacial score (nSPS) is 26.2. The van der Waals surface area contributed by atoms with Crippen molar-refractivity contribution in [3.05, 3.63) is 47.0 Å². The van der Waals surface area contributed by atoms with Crippen molar-refractivity contribution >= 4 is 29.3 Å². The van der Waals surface area contributed by atoms with Crippen molar-refractivity contribution in [1.82, 2.24) is 9.55 Å². The molecule has 1 aliphatic rings. The van der Waals surface area contributed by atoms with Gasteiger partial charge in [-0.05, 0) is 5.56 Å². The molecule has 8 N–H and O–H groups in total. The Hall–Kier alpha value is -1.81. The maximum atomic E-state index is 12.4. The number of phosphoric ester groups is 1. The number of aliphatic hydroxyl groups is 2. The Balaban J connectivity index is 1.76. The van der Waals surface area contributed by atoms with Crippen LogP contribution in [0.1, 0.15) is 6.23 Å². The summed E-state index contributed by atoms with van der Waals surface area (Å²) in [4.78, 5) is 51.8. The third-order valence-electron chi connectivity index (χ3n) is 4.50. The molecular weight excluding hydrogens is 539 g/mol. The van der Waals surface area contributed by atoms with Gasteiger partial charge in [-0.1, -0.05) is 30.3 Å². The molecule has 2 heterocycles. The maximum Gasteiger partial charge on any atom is 0.490 e. The van der Waals surface area contributed by atoms with Crippen molar-refractivity contribution in [3.63, 3.8) is 0 Å². The Bertz CT molecular complexity index is 1270. The van der Waals surface area contributed by atoms with Gasteiger partial charge >= 0.3 is 29.2 Å². The lowest BCUT2D eigenvalue weighted by Crippen LogP contribution is -2.36. The molecule has 2 aromatic rings. The van der Waals surface area contributed by atoms with E-state index in [-0.39, 0.29) is 5.82 Å². The lowest BCUT2D eigenvalue weighted by atomic mass is 10.1. The van der Waals surface area contributed by atoms with E-state index < -0.39 is 60.3 Å². The largest absolute Gasteiger partial charge is 0.490 e. The first kappa shape index (κ1) is 27.8. The lowest BCUT2D eigenvalue weighted by molar-refractivity contribution is -0.0540. The minimum atomic E-state index is -5.75. The minimum Gasteiger partial charge on any atom is -0.387 e. The fourth-order valence-electron chi connectivity index (χ4n) is 3.07. The summed E-state index contributed by atoms with van der Waals surface area (Å²) in [6.07, 6.45) is -5.47. The van der Waals surface area contributed by atoms with E-state index in [1.807, 2.05) is 0 Å². The fourth-order valence-corrected chi connectivity index (χ4v) is 6.10. The van der Waals surface area contributed by atoms with Gasteiger partial charge in [0.25, 0.3) is 0 Å². The highest BCUT2D eigenvalue weighted by atomic mass is 31.3. The van der Waals surface area contributed by atoms with E-state index in [2.05, 4.69) is 18.1 Å². The smallest absolute Gasteiger partial charge is 0.387 e. The molecule has 1 saturated heterocycles. The summed E-state index contributed by atoms with van der Waals surface area (Å²) >= 11 is 0. The van der Waals surface area contributed by atoms with Gasteiger partial charge in [-0.15, -0.1) is 0 Å². The van der Waals surface area contributed by atoms with E-state index in [9.17, 15) is 33.6 Å². The quantitative estimate of drug-likeness (QED) is 0.190. The Morgan fingerprint density at radius 3 is 2.23 bits per heavy atom. The molecule has 194 valence electrons. The van der Waals surface area contributed by atoms with Gasteiger partial charge in [0.1, 0.15) is 24.1 Å². The average Bonchev–Trinajstić information content (AvgIpc) is 2.99. The van der Waals surface area contributed by atoms with Crippen molar-refractivity contribution < 1.29 is 61.4 Å². The second-order valence-electron chi connectivity index (χ2n) is 7.03. The van der Waals surface area contributed by atoms with Gasteiger partial charge < -0.3 is 40.3 Å². The molecular formula is C15H20N3O14P3. The number of hydrogen-bond acceptors (Lipinski definition) is 12. The maximum absolute atomic E-state index is 12.4. The number of rotatable bonds is 9. The van der Waals surface area contributed by atoms with Gasteiger partial charge in [0.05, 0.1) is 6.61 Å². The molecule has 2 unspecified atom stereocenters. The van der Waals surface area contributed by atoms with Crippen molar-refractivity contribution in [3.8, 4) is 11.1 Å². The molecule has 0 aliphatic carbocycles. The molecule has 3 rings (SSSR count). The number of nitrogens with zero attached hydrogens (tertiary/aromatic N) is 2. The van der Waals surface area contributed by atoms with Crippen LogP contribution < -0.4 is 11.4 Å². The topological polar surface area (TPSA) is 270 Å². The molecule has 17 nitrogen and oxygen atoms in total. The number of aliphatic hydroxyl groups excluding tert-OH is 2. The molecule has 1 aromatic heterocycles. The lowest BCUT2D eigenvalue weighted by Gasteiger charge is -2.19. The average molecular weight is 559 g/mol. The number of benzene rings is 1. The molecule has 0 amide bonds. The van der Waals surface area contributed by atoms with Gasteiger partial charge in [-0.25, -0.2) is 18.5 Å². The summed E-state index contributed by atoms with van der Waals surface area (Å²) in [6.45, 7) is -1.04. The number of nitrogen functional groups attached to an aromatic ring is 1. The van der Waals surface area contributed by atoms with Crippen LogP contribution in [0.5, 0.6) is 0 Å². The standard InChI is InChI=1S/C15H20N3O14P3/c16-13-9(8-4-2-1-3-5-8)6-18(15(21)17-13)14-12(20)11(19)10(30-14)7-29-34(25,26)32-35(27,28)31-33(22,23)24/h1-6,10-12,14,19-20H,7H2,(H,25,26)(H,27,28)(H2,16,17,21)(H2,22,23,24)/t10-,11+,12+,14-/m1/s1. The molecule has 35 heavy (non-hydrogen) atoms. The predicted octanol–water partition coefficient (Wildman–Crippen LogP) is -0.545. The highest BCUT2D eigenvalue weighted by Crippen LogP contribution is 2.66. The number of anilines is 1. The zero-order valence-electron chi connectivity index (χ0n) is 17.2. The fraction of sp³-hybridized carbons (Fsp3) is 0.333. The van der Waals surface area contributed by atoms with Crippen LogP contribution in [0.25, 0.3) is 11.1 Å². The van der Waals surface area contributed by atoms with Crippen LogP contribution >= 0.6 is 23.5 Å². The Kier molecular flexibility index (Phi) is 8.16. The van der Waals surface area contributed by atoms with Crippen LogP contribution in [0.2, 0.25) is 0 Å². The first-order valence-corrected chi connectivity index (χ1v) is 13.8. The van der Waals surface area contributed by atoms with E-state index in [0.717, 1.165) is 4.57 Å². The van der Waals surface area contributed by atoms with Gasteiger partial charge in [0.15, 0.2) is 6.23 Å². The van der Waals surface area contributed by atoms with E-state index in [0.29, 0.717) is 11.1 Å². The van der Waals surface area contributed by atoms with Crippen LogP contribution in [0.3, 0.4) is 0 Å². The van der Waals surface area contributed by atoms with Crippen LogP contribution in [0, 0.1) is 0 Å². The Labute approximate surface area is 195 Å². The Morgan fingerprint density at radius 2 is 1.63 bits per heavy atom. The van der Waals surface area contributed by atoms with E-state index in [4.69, 9.17) is 25.2 Å². The number of hydrogen-bond donors (Lipinski definition) is 7. The number of nitrogens with two attached hydrogens (primary N) is 1. The van der Waals surface area contributed by atoms with Gasteiger partial charge in [0, 0.05) is 11.8 Å². The summed E-state index contributed by atoms with van der Waals surface area (Å²) in [5.41, 5.74) is 5.74. The third kappa shape index (κ3) is 7.12.